The number of aliphatic hydroxyl groups is 1. The fourth-order valence-electron chi connectivity index (χ4n) is 1.35. The molecule has 0 saturated carbocycles. The van der Waals surface area contributed by atoms with Crippen molar-refractivity contribution in [2.45, 2.75) is 19.4 Å². The number of amides is 1. The highest BCUT2D eigenvalue weighted by molar-refractivity contribution is 5.80. The predicted molar refractivity (Wildman–Crippen MR) is 67.8 cm³/mol. The summed E-state index contributed by atoms with van der Waals surface area (Å²) >= 11 is 0. The van der Waals surface area contributed by atoms with E-state index in [0.717, 1.165) is 5.75 Å². The SMILES string of the molecule is COc1ccc(O[C@@H](C)C(=O)NCCCO)cc1. The Kier molecular flexibility index (Phi) is 6.00. The van der Waals surface area contributed by atoms with Gasteiger partial charge in [0.25, 0.3) is 5.91 Å². The van der Waals surface area contributed by atoms with Gasteiger partial charge in [0.05, 0.1) is 7.11 Å². The van der Waals surface area contributed by atoms with Gasteiger partial charge in [-0.15, -0.1) is 0 Å². The number of aliphatic hydroxyl groups excluding tert-OH is 1. The van der Waals surface area contributed by atoms with Gasteiger partial charge in [-0.25, -0.2) is 0 Å². The minimum absolute atomic E-state index is 0.0635. The van der Waals surface area contributed by atoms with Crippen molar-refractivity contribution in [2.75, 3.05) is 20.3 Å². The van der Waals surface area contributed by atoms with Crippen LogP contribution in [-0.4, -0.2) is 37.4 Å². The second kappa shape index (κ2) is 7.55. The van der Waals surface area contributed by atoms with Crippen molar-refractivity contribution >= 4 is 5.91 Å². The van der Waals surface area contributed by atoms with Crippen LogP contribution in [0.5, 0.6) is 11.5 Å². The summed E-state index contributed by atoms with van der Waals surface area (Å²) in [7, 11) is 1.59. The van der Waals surface area contributed by atoms with Crippen LogP contribution in [0, 0.1) is 0 Å². The van der Waals surface area contributed by atoms with E-state index in [1.54, 1.807) is 38.3 Å². The van der Waals surface area contributed by atoms with E-state index < -0.39 is 6.10 Å². The number of carbonyl (C=O) groups is 1. The minimum atomic E-state index is -0.572. The van der Waals surface area contributed by atoms with Crippen molar-refractivity contribution in [3.05, 3.63) is 24.3 Å². The molecule has 0 heterocycles. The van der Waals surface area contributed by atoms with Gasteiger partial charge >= 0.3 is 0 Å². The third-order valence-electron chi connectivity index (χ3n) is 2.38. The van der Waals surface area contributed by atoms with E-state index in [4.69, 9.17) is 14.6 Å². The molecule has 0 aliphatic rings. The quantitative estimate of drug-likeness (QED) is 0.710. The average molecular weight is 253 g/mol. The lowest BCUT2D eigenvalue weighted by molar-refractivity contribution is -0.127. The molecule has 0 aromatic heterocycles. The van der Waals surface area contributed by atoms with Gasteiger partial charge in [0.1, 0.15) is 11.5 Å². The highest BCUT2D eigenvalue weighted by atomic mass is 16.5. The summed E-state index contributed by atoms with van der Waals surface area (Å²) < 4.78 is 10.5. The molecular formula is C13H19NO4. The highest BCUT2D eigenvalue weighted by Gasteiger charge is 2.13. The van der Waals surface area contributed by atoms with Crippen LogP contribution in [0.2, 0.25) is 0 Å². The van der Waals surface area contributed by atoms with Gasteiger partial charge in [-0.3, -0.25) is 4.79 Å². The van der Waals surface area contributed by atoms with Crippen molar-refractivity contribution in [3.8, 4) is 11.5 Å². The summed E-state index contributed by atoms with van der Waals surface area (Å²) in [5.74, 6) is 1.15. The minimum Gasteiger partial charge on any atom is -0.497 e. The van der Waals surface area contributed by atoms with Gasteiger partial charge in [0.2, 0.25) is 0 Å². The molecule has 0 spiro atoms. The van der Waals surface area contributed by atoms with Crippen LogP contribution in [0.15, 0.2) is 24.3 Å². The molecule has 18 heavy (non-hydrogen) atoms. The van der Waals surface area contributed by atoms with Gasteiger partial charge in [-0.05, 0) is 37.6 Å². The summed E-state index contributed by atoms with van der Waals surface area (Å²) in [6.07, 6.45) is -0.0295. The zero-order valence-electron chi connectivity index (χ0n) is 10.7. The summed E-state index contributed by atoms with van der Waals surface area (Å²) in [5, 5.41) is 11.3. The maximum absolute atomic E-state index is 11.6. The normalized spacial score (nSPS) is 11.7. The first-order valence-corrected chi connectivity index (χ1v) is 5.86. The molecule has 0 unspecified atom stereocenters. The smallest absolute Gasteiger partial charge is 0.260 e. The largest absolute Gasteiger partial charge is 0.497 e. The summed E-state index contributed by atoms with van der Waals surface area (Å²) in [5.41, 5.74) is 0. The first kappa shape index (κ1) is 14.3. The molecule has 1 aromatic rings. The van der Waals surface area contributed by atoms with Crippen molar-refractivity contribution in [2.24, 2.45) is 0 Å². The molecule has 0 bridgehead atoms. The molecule has 0 saturated heterocycles. The number of hydrogen-bond acceptors (Lipinski definition) is 4. The summed E-state index contributed by atoms with van der Waals surface area (Å²) in [6, 6.07) is 7.03. The van der Waals surface area contributed by atoms with Gasteiger partial charge in [-0.1, -0.05) is 0 Å². The molecule has 2 N–H and O–H groups in total. The molecule has 1 rings (SSSR count). The Bertz CT molecular complexity index is 364. The molecule has 0 aliphatic carbocycles. The Hall–Kier alpha value is -1.75. The van der Waals surface area contributed by atoms with Gasteiger partial charge in [0, 0.05) is 13.2 Å². The molecule has 0 fully saturated rings. The fraction of sp³-hybridized carbons (Fsp3) is 0.462. The highest BCUT2D eigenvalue weighted by Crippen LogP contribution is 2.18. The third-order valence-corrected chi connectivity index (χ3v) is 2.38. The molecule has 1 atom stereocenters. The number of nitrogens with one attached hydrogen (secondary N) is 1. The number of benzene rings is 1. The van der Waals surface area contributed by atoms with Crippen molar-refractivity contribution in [1.29, 1.82) is 0 Å². The van der Waals surface area contributed by atoms with Crippen LogP contribution >= 0.6 is 0 Å². The monoisotopic (exact) mass is 253 g/mol. The van der Waals surface area contributed by atoms with E-state index >= 15 is 0 Å². The number of carbonyl (C=O) groups excluding carboxylic acids is 1. The van der Waals surface area contributed by atoms with Crippen LogP contribution in [0.1, 0.15) is 13.3 Å². The maximum atomic E-state index is 11.6. The first-order valence-electron chi connectivity index (χ1n) is 5.86. The van der Waals surface area contributed by atoms with Gasteiger partial charge < -0.3 is 19.9 Å². The lowest BCUT2D eigenvalue weighted by Gasteiger charge is -2.14. The van der Waals surface area contributed by atoms with Crippen molar-refractivity contribution < 1.29 is 19.4 Å². The molecule has 5 heteroatoms. The van der Waals surface area contributed by atoms with E-state index in [9.17, 15) is 4.79 Å². The molecule has 100 valence electrons. The first-order chi connectivity index (χ1) is 8.67. The number of hydrogen-bond donors (Lipinski definition) is 2. The van der Waals surface area contributed by atoms with Crippen molar-refractivity contribution in [3.63, 3.8) is 0 Å². The molecular weight excluding hydrogens is 234 g/mol. The van der Waals surface area contributed by atoms with E-state index in [1.807, 2.05) is 0 Å². The molecule has 5 nitrogen and oxygen atoms in total. The van der Waals surface area contributed by atoms with Crippen LogP contribution in [0.4, 0.5) is 0 Å². The second-order valence-corrected chi connectivity index (χ2v) is 3.80. The zero-order valence-corrected chi connectivity index (χ0v) is 10.7. The zero-order chi connectivity index (χ0) is 13.4. The second-order valence-electron chi connectivity index (χ2n) is 3.80. The van der Waals surface area contributed by atoms with E-state index in [2.05, 4.69) is 5.32 Å². The lowest BCUT2D eigenvalue weighted by atomic mass is 10.3. The Balaban J connectivity index is 2.42. The Morgan fingerprint density at radius 2 is 1.94 bits per heavy atom. The third kappa shape index (κ3) is 4.63. The predicted octanol–water partition coefficient (Wildman–Crippen LogP) is 0.961. The standard InChI is InChI=1S/C13H19NO4/c1-10(13(16)14-8-3-9-15)18-12-6-4-11(17-2)5-7-12/h4-7,10,15H,3,8-9H2,1-2H3,(H,14,16)/t10-/m0/s1. The van der Waals surface area contributed by atoms with Crippen LogP contribution < -0.4 is 14.8 Å². The average Bonchev–Trinajstić information content (AvgIpc) is 2.39. The summed E-state index contributed by atoms with van der Waals surface area (Å²) in [4.78, 5) is 11.6. The number of rotatable bonds is 7. The van der Waals surface area contributed by atoms with Crippen molar-refractivity contribution in [1.82, 2.24) is 5.32 Å². The Morgan fingerprint density at radius 3 is 2.50 bits per heavy atom. The number of ether oxygens (including phenoxy) is 2. The van der Waals surface area contributed by atoms with Crippen LogP contribution in [0.25, 0.3) is 0 Å². The van der Waals surface area contributed by atoms with E-state index in [0.29, 0.717) is 18.7 Å². The van der Waals surface area contributed by atoms with Gasteiger partial charge in [0.15, 0.2) is 6.10 Å². The number of methoxy groups -OCH3 is 1. The molecule has 0 aliphatic heterocycles. The van der Waals surface area contributed by atoms with E-state index in [-0.39, 0.29) is 12.5 Å². The Labute approximate surface area is 107 Å². The fourth-order valence-corrected chi connectivity index (χ4v) is 1.35. The maximum Gasteiger partial charge on any atom is 0.260 e. The summed E-state index contributed by atoms with van der Waals surface area (Å²) in [6.45, 7) is 2.19. The Morgan fingerprint density at radius 1 is 1.33 bits per heavy atom. The molecule has 1 amide bonds. The van der Waals surface area contributed by atoms with Gasteiger partial charge in [-0.2, -0.15) is 0 Å². The lowest BCUT2D eigenvalue weighted by Crippen LogP contribution is -2.37. The molecule has 0 radical (unpaired) electrons. The van der Waals surface area contributed by atoms with Crippen LogP contribution in [0.3, 0.4) is 0 Å². The topological polar surface area (TPSA) is 67.8 Å². The molecule has 1 aromatic carbocycles. The van der Waals surface area contributed by atoms with E-state index in [1.165, 1.54) is 0 Å². The van der Waals surface area contributed by atoms with Crippen LogP contribution in [-0.2, 0) is 4.79 Å².